The number of aliphatic carboxylic acids is 1. The van der Waals surface area contributed by atoms with Gasteiger partial charge in [0.05, 0.1) is 25.0 Å². The number of likely N-dealkylation sites (tertiary alicyclic amines) is 1. The van der Waals surface area contributed by atoms with Gasteiger partial charge < -0.3 is 24.1 Å². The molecule has 8 nitrogen and oxygen atoms in total. The molecule has 4 heterocycles. The van der Waals surface area contributed by atoms with Crippen LogP contribution in [0.15, 0.2) is 41.1 Å². The van der Waals surface area contributed by atoms with E-state index in [0.29, 0.717) is 11.7 Å². The minimum absolute atomic E-state index is 0.00709. The van der Waals surface area contributed by atoms with E-state index in [2.05, 4.69) is 10.2 Å². The van der Waals surface area contributed by atoms with Crippen molar-refractivity contribution in [3.8, 4) is 0 Å². The minimum Gasteiger partial charge on any atom is -0.475 e. The van der Waals surface area contributed by atoms with Crippen molar-refractivity contribution in [2.45, 2.75) is 43.8 Å². The molecular weight excluding hydrogens is 419 g/mol. The van der Waals surface area contributed by atoms with E-state index in [9.17, 15) is 18.0 Å². The number of fused-ring (bicyclic) bond motifs is 1. The average Bonchev–Trinajstić information content (AvgIpc) is 3.44. The Morgan fingerprint density at radius 1 is 1.29 bits per heavy atom. The van der Waals surface area contributed by atoms with Crippen LogP contribution in [0.1, 0.15) is 29.1 Å². The fourth-order valence-corrected chi connectivity index (χ4v) is 3.91. The predicted molar refractivity (Wildman–Crippen MR) is 102 cm³/mol. The van der Waals surface area contributed by atoms with Gasteiger partial charge in [0.1, 0.15) is 11.5 Å². The quantitative estimate of drug-likeness (QED) is 0.754. The molecule has 0 bridgehead atoms. The van der Waals surface area contributed by atoms with Gasteiger partial charge in [0.2, 0.25) is 0 Å². The number of furan rings is 1. The molecule has 170 valence electrons. The third-order valence-electron chi connectivity index (χ3n) is 5.30. The maximum Gasteiger partial charge on any atom is 0.490 e. The number of nitrogens with zero attached hydrogens (tertiary/aromatic N) is 2. The molecular formula is C20H24F3N3O5. The number of carbonyl (C=O) groups excluding carboxylic acids is 1. The van der Waals surface area contributed by atoms with Gasteiger partial charge >= 0.3 is 12.1 Å². The minimum atomic E-state index is -5.08. The number of aryl methyl sites for hydroxylation is 1. The summed E-state index contributed by atoms with van der Waals surface area (Å²) in [5.74, 6) is -1.85. The van der Waals surface area contributed by atoms with Gasteiger partial charge in [-0.2, -0.15) is 13.2 Å². The molecule has 0 spiro atoms. The molecule has 2 aromatic rings. The zero-order valence-corrected chi connectivity index (χ0v) is 16.8. The first-order chi connectivity index (χ1) is 14.7. The summed E-state index contributed by atoms with van der Waals surface area (Å²) in [6.07, 6.45) is 0.718. The molecule has 0 aromatic carbocycles. The molecule has 1 amide bonds. The van der Waals surface area contributed by atoms with Crippen molar-refractivity contribution in [1.82, 2.24) is 14.8 Å². The van der Waals surface area contributed by atoms with E-state index in [4.69, 9.17) is 19.1 Å². The number of alkyl halides is 3. The molecule has 0 radical (unpaired) electrons. The number of nitrogens with one attached hydrogen (secondary N) is 1. The van der Waals surface area contributed by atoms with Crippen LogP contribution in [0.5, 0.6) is 0 Å². The van der Waals surface area contributed by atoms with Crippen molar-refractivity contribution < 1.29 is 37.0 Å². The van der Waals surface area contributed by atoms with Crippen molar-refractivity contribution in [1.29, 1.82) is 0 Å². The Bertz CT molecular complexity index is 881. The number of ether oxygens (including phenoxy) is 1. The second kappa shape index (κ2) is 9.56. The number of halogens is 3. The fourth-order valence-electron chi connectivity index (χ4n) is 3.91. The Morgan fingerprint density at radius 2 is 2.03 bits per heavy atom. The highest BCUT2D eigenvalue weighted by Crippen LogP contribution is 2.30. The summed E-state index contributed by atoms with van der Waals surface area (Å²) >= 11 is 0. The lowest BCUT2D eigenvalue weighted by Crippen LogP contribution is -2.47. The Morgan fingerprint density at radius 3 is 2.61 bits per heavy atom. The van der Waals surface area contributed by atoms with Gasteiger partial charge in [-0.1, -0.05) is 0 Å². The summed E-state index contributed by atoms with van der Waals surface area (Å²) < 4.78 is 45.1. The summed E-state index contributed by atoms with van der Waals surface area (Å²) in [7, 11) is 1.88. The summed E-state index contributed by atoms with van der Waals surface area (Å²) in [5, 5.41) is 10.3. The Labute approximate surface area is 176 Å². The van der Waals surface area contributed by atoms with Gasteiger partial charge in [-0.15, -0.1) is 0 Å². The lowest BCUT2D eigenvalue weighted by atomic mass is 10.0. The van der Waals surface area contributed by atoms with Crippen LogP contribution in [-0.4, -0.2) is 64.0 Å². The van der Waals surface area contributed by atoms with Gasteiger partial charge in [0.25, 0.3) is 5.91 Å². The maximum atomic E-state index is 12.6. The van der Waals surface area contributed by atoms with Crippen molar-refractivity contribution in [2.75, 3.05) is 13.2 Å². The van der Waals surface area contributed by atoms with Crippen molar-refractivity contribution in [3.63, 3.8) is 0 Å². The molecule has 0 aliphatic carbocycles. The Balaban J connectivity index is 0.000000339. The molecule has 4 rings (SSSR count). The largest absolute Gasteiger partial charge is 0.490 e. The number of hydrogen-bond donors (Lipinski definition) is 2. The van der Waals surface area contributed by atoms with E-state index in [1.807, 2.05) is 42.1 Å². The van der Waals surface area contributed by atoms with Crippen LogP contribution in [0.25, 0.3) is 0 Å². The monoisotopic (exact) mass is 443 g/mol. The molecule has 2 aromatic heterocycles. The van der Waals surface area contributed by atoms with E-state index in [-0.39, 0.29) is 18.1 Å². The molecule has 31 heavy (non-hydrogen) atoms. The van der Waals surface area contributed by atoms with Crippen LogP contribution in [0.2, 0.25) is 0 Å². The van der Waals surface area contributed by atoms with Gasteiger partial charge in [-0.25, -0.2) is 4.79 Å². The van der Waals surface area contributed by atoms with E-state index in [1.54, 1.807) is 6.26 Å². The first-order valence-electron chi connectivity index (χ1n) is 9.77. The van der Waals surface area contributed by atoms with E-state index in [0.717, 1.165) is 38.3 Å². The summed E-state index contributed by atoms with van der Waals surface area (Å²) in [6, 6.07) is 7.97. The molecule has 2 aliphatic heterocycles. The van der Waals surface area contributed by atoms with Crippen LogP contribution in [0, 0.1) is 0 Å². The third kappa shape index (κ3) is 5.67. The van der Waals surface area contributed by atoms with Gasteiger partial charge in [-0.3, -0.25) is 9.69 Å². The smallest absolute Gasteiger partial charge is 0.475 e. The van der Waals surface area contributed by atoms with Gasteiger partial charge in [0.15, 0.2) is 0 Å². The van der Waals surface area contributed by atoms with Crippen LogP contribution >= 0.6 is 0 Å². The van der Waals surface area contributed by atoms with Crippen molar-refractivity contribution in [2.24, 2.45) is 7.05 Å². The lowest BCUT2D eigenvalue weighted by Gasteiger charge is -2.32. The average molecular weight is 443 g/mol. The van der Waals surface area contributed by atoms with E-state index < -0.39 is 12.1 Å². The van der Waals surface area contributed by atoms with Crippen LogP contribution < -0.4 is 5.32 Å². The topological polar surface area (TPSA) is 96.9 Å². The first-order valence-corrected chi connectivity index (χ1v) is 9.77. The fraction of sp³-hybridized carbons (Fsp3) is 0.500. The maximum absolute atomic E-state index is 12.6. The molecule has 2 N–H and O–H groups in total. The predicted octanol–water partition coefficient (Wildman–Crippen LogP) is 2.41. The number of carboxylic acid groups (broad SMARTS) is 1. The second-order valence-electron chi connectivity index (χ2n) is 7.44. The highest BCUT2D eigenvalue weighted by atomic mass is 19.4. The normalized spacial score (nSPS) is 23.5. The summed E-state index contributed by atoms with van der Waals surface area (Å²) in [5.41, 5.74) is 0.673. The van der Waals surface area contributed by atoms with Gasteiger partial charge in [0, 0.05) is 32.4 Å². The molecule has 2 aliphatic rings. The number of hydrogen-bond acceptors (Lipinski definition) is 5. The molecule has 0 unspecified atom stereocenters. The van der Waals surface area contributed by atoms with Gasteiger partial charge in [-0.05, 0) is 37.1 Å². The molecule has 3 atom stereocenters. The van der Waals surface area contributed by atoms with Crippen LogP contribution in [-0.2, 0) is 23.1 Å². The molecule has 11 heteroatoms. The van der Waals surface area contributed by atoms with Crippen LogP contribution in [0.3, 0.4) is 0 Å². The van der Waals surface area contributed by atoms with Crippen molar-refractivity contribution in [3.05, 3.63) is 48.2 Å². The Hall–Kier alpha value is -2.79. The van der Waals surface area contributed by atoms with E-state index >= 15 is 0 Å². The van der Waals surface area contributed by atoms with E-state index in [1.165, 1.54) is 0 Å². The lowest BCUT2D eigenvalue weighted by molar-refractivity contribution is -0.192. The van der Waals surface area contributed by atoms with Crippen molar-refractivity contribution >= 4 is 11.9 Å². The number of carboxylic acids is 1. The number of amides is 1. The van der Waals surface area contributed by atoms with Crippen LogP contribution in [0.4, 0.5) is 13.2 Å². The summed E-state index contributed by atoms with van der Waals surface area (Å²) in [4.78, 5) is 23.8. The standard InChI is InChI=1S/C18H23N3O3.C2HF3O2/c1-20-8-2-6-16(20)18(22)19-14-12-21(11-13-5-3-9-23-13)15-7-4-10-24-17(14)15;3-2(4,5)1(6)7/h2-3,5-6,8-9,14-15,17H,4,7,10-12H2,1H3,(H,19,22);(H,6,7)/t14-,15-,17-;/m1./s1. The number of carbonyl (C=O) groups is 2. The highest BCUT2D eigenvalue weighted by molar-refractivity contribution is 5.93. The molecule has 2 saturated heterocycles. The SMILES string of the molecule is Cn1cccc1C(=O)N[C@@H]1CN(Cc2ccco2)[C@@H]2CCCO[C@@H]21.O=C(O)C(F)(F)F. The number of aromatic nitrogens is 1. The zero-order chi connectivity index (χ0) is 22.6. The second-order valence-corrected chi connectivity index (χ2v) is 7.44. The zero-order valence-electron chi connectivity index (χ0n) is 16.8. The Kier molecular flexibility index (Phi) is 7.06. The number of rotatable bonds is 4. The molecule has 0 saturated carbocycles. The summed E-state index contributed by atoms with van der Waals surface area (Å²) in [6.45, 7) is 2.31. The third-order valence-corrected chi connectivity index (χ3v) is 5.30. The molecule has 2 fully saturated rings. The first kappa shape index (κ1) is 22.9. The highest BCUT2D eigenvalue weighted by Gasteiger charge is 2.44.